The average Bonchev–Trinajstić information content (AvgIpc) is 2.71. The molecule has 0 aliphatic heterocycles. The maximum absolute atomic E-state index is 12.3. The number of carbonyl (C=O) groups is 1. The van der Waals surface area contributed by atoms with Crippen molar-refractivity contribution < 1.29 is 19.0 Å². The smallest absolute Gasteiger partial charge is 0.248 e. The molecule has 0 aromatic heterocycles. The van der Waals surface area contributed by atoms with Gasteiger partial charge in [0.15, 0.2) is 11.5 Å². The topological polar surface area (TPSA) is 80.6 Å². The zero-order valence-corrected chi connectivity index (χ0v) is 18.0. The van der Waals surface area contributed by atoms with Gasteiger partial charge in [-0.05, 0) is 56.2 Å². The SMILES string of the molecule is COc1cc(C=CC(=O)Nc2cccc(OCCCC#N)c2)cc(Cl)c1OC(C)C. The summed E-state index contributed by atoms with van der Waals surface area (Å²) in [6.07, 6.45) is 4.11. The fraction of sp³-hybridized carbons (Fsp3) is 0.304. The van der Waals surface area contributed by atoms with Gasteiger partial charge in [-0.3, -0.25) is 4.79 Å². The molecule has 0 radical (unpaired) electrons. The molecule has 0 fully saturated rings. The molecule has 7 heteroatoms. The maximum atomic E-state index is 12.3. The highest BCUT2D eigenvalue weighted by Gasteiger charge is 2.12. The number of halogens is 1. The predicted molar refractivity (Wildman–Crippen MR) is 118 cm³/mol. The van der Waals surface area contributed by atoms with Crippen molar-refractivity contribution in [1.29, 1.82) is 5.26 Å². The van der Waals surface area contributed by atoms with Crippen LogP contribution in [0.4, 0.5) is 5.69 Å². The van der Waals surface area contributed by atoms with Crippen molar-refractivity contribution in [2.75, 3.05) is 19.0 Å². The molecular weight excluding hydrogens is 404 g/mol. The molecule has 158 valence electrons. The normalized spacial score (nSPS) is 10.7. The van der Waals surface area contributed by atoms with Crippen LogP contribution in [-0.4, -0.2) is 25.7 Å². The third-order valence-corrected chi connectivity index (χ3v) is 4.12. The van der Waals surface area contributed by atoms with Crippen LogP contribution in [0.25, 0.3) is 6.08 Å². The second-order valence-electron chi connectivity index (χ2n) is 6.66. The number of rotatable bonds is 10. The van der Waals surface area contributed by atoms with Crippen molar-refractivity contribution in [1.82, 2.24) is 0 Å². The number of hydrogen-bond donors (Lipinski definition) is 1. The van der Waals surface area contributed by atoms with Gasteiger partial charge in [0, 0.05) is 24.3 Å². The molecule has 1 amide bonds. The second kappa shape index (κ2) is 11.7. The van der Waals surface area contributed by atoms with Crippen LogP contribution in [0.5, 0.6) is 17.2 Å². The molecule has 0 bridgehead atoms. The molecule has 2 rings (SSSR count). The van der Waals surface area contributed by atoms with Gasteiger partial charge in [-0.25, -0.2) is 0 Å². The first kappa shape index (κ1) is 23.1. The van der Waals surface area contributed by atoms with E-state index in [4.69, 9.17) is 31.1 Å². The number of nitrogens with zero attached hydrogens (tertiary/aromatic N) is 1. The molecule has 2 aromatic rings. The Hall–Kier alpha value is -3.17. The van der Waals surface area contributed by atoms with E-state index in [1.807, 2.05) is 13.8 Å². The first-order valence-electron chi connectivity index (χ1n) is 9.56. The molecule has 0 spiro atoms. The number of benzene rings is 2. The van der Waals surface area contributed by atoms with Crippen molar-refractivity contribution in [2.24, 2.45) is 0 Å². The summed E-state index contributed by atoms with van der Waals surface area (Å²) in [5.41, 5.74) is 1.32. The third kappa shape index (κ3) is 7.34. The van der Waals surface area contributed by atoms with Gasteiger partial charge in [0.25, 0.3) is 0 Å². The zero-order valence-electron chi connectivity index (χ0n) is 17.3. The standard InChI is InChI=1S/C23H25ClN2O4/c1-16(2)30-23-20(24)13-17(14-21(23)28-3)9-10-22(27)26-18-7-6-8-19(15-18)29-12-5-4-11-25/h6-10,13-16H,4-5,12H2,1-3H3,(H,26,27). The van der Waals surface area contributed by atoms with Gasteiger partial charge in [-0.15, -0.1) is 0 Å². The van der Waals surface area contributed by atoms with E-state index in [1.54, 1.807) is 42.5 Å². The minimum Gasteiger partial charge on any atom is -0.493 e. The molecule has 0 saturated carbocycles. The first-order chi connectivity index (χ1) is 14.4. The van der Waals surface area contributed by atoms with Crippen LogP contribution in [0.1, 0.15) is 32.3 Å². The van der Waals surface area contributed by atoms with Gasteiger partial charge >= 0.3 is 0 Å². The first-order valence-corrected chi connectivity index (χ1v) is 9.93. The van der Waals surface area contributed by atoms with E-state index >= 15 is 0 Å². The Labute approximate surface area is 182 Å². The third-order valence-electron chi connectivity index (χ3n) is 3.84. The number of nitrogens with one attached hydrogen (secondary N) is 1. The lowest BCUT2D eigenvalue weighted by Gasteiger charge is -2.15. The Balaban J connectivity index is 2.03. The minimum atomic E-state index is -0.297. The Bertz CT molecular complexity index is 935. The van der Waals surface area contributed by atoms with Crippen LogP contribution >= 0.6 is 11.6 Å². The van der Waals surface area contributed by atoms with Crippen molar-refractivity contribution in [3.05, 3.63) is 53.1 Å². The van der Waals surface area contributed by atoms with E-state index in [9.17, 15) is 4.79 Å². The van der Waals surface area contributed by atoms with Crippen molar-refractivity contribution in [3.8, 4) is 23.3 Å². The molecule has 0 aliphatic rings. The Kier molecular flexibility index (Phi) is 9.04. The van der Waals surface area contributed by atoms with Crippen LogP contribution in [0.2, 0.25) is 5.02 Å². The Morgan fingerprint density at radius 1 is 1.30 bits per heavy atom. The molecule has 0 heterocycles. The lowest BCUT2D eigenvalue weighted by atomic mass is 10.1. The second-order valence-corrected chi connectivity index (χ2v) is 7.07. The van der Waals surface area contributed by atoms with E-state index in [1.165, 1.54) is 13.2 Å². The summed E-state index contributed by atoms with van der Waals surface area (Å²) in [6, 6.07) is 12.6. The van der Waals surface area contributed by atoms with E-state index in [0.29, 0.717) is 53.0 Å². The van der Waals surface area contributed by atoms with Gasteiger partial charge in [0.05, 0.1) is 30.9 Å². The van der Waals surface area contributed by atoms with Gasteiger partial charge in [-0.2, -0.15) is 5.26 Å². The highest BCUT2D eigenvalue weighted by molar-refractivity contribution is 6.32. The summed E-state index contributed by atoms with van der Waals surface area (Å²) in [5.74, 6) is 1.31. The quantitative estimate of drug-likeness (QED) is 0.401. The van der Waals surface area contributed by atoms with Crippen molar-refractivity contribution in [2.45, 2.75) is 32.8 Å². The number of methoxy groups -OCH3 is 1. The summed E-state index contributed by atoms with van der Waals surface area (Å²) in [5, 5.41) is 11.7. The molecule has 6 nitrogen and oxygen atoms in total. The van der Waals surface area contributed by atoms with Gasteiger partial charge in [-0.1, -0.05) is 17.7 Å². The molecule has 0 unspecified atom stereocenters. The molecule has 2 aromatic carbocycles. The fourth-order valence-corrected chi connectivity index (χ4v) is 2.81. The summed E-state index contributed by atoms with van der Waals surface area (Å²) in [4.78, 5) is 12.3. The van der Waals surface area contributed by atoms with E-state index in [0.717, 1.165) is 0 Å². The average molecular weight is 429 g/mol. The van der Waals surface area contributed by atoms with Crippen molar-refractivity contribution >= 4 is 29.3 Å². The zero-order chi connectivity index (χ0) is 21.9. The van der Waals surface area contributed by atoms with Crippen LogP contribution in [-0.2, 0) is 4.79 Å². The molecular formula is C23H25ClN2O4. The summed E-state index contributed by atoms with van der Waals surface area (Å²) in [7, 11) is 1.54. The lowest BCUT2D eigenvalue weighted by molar-refractivity contribution is -0.111. The highest BCUT2D eigenvalue weighted by atomic mass is 35.5. The Morgan fingerprint density at radius 2 is 2.10 bits per heavy atom. The monoisotopic (exact) mass is 428 g/mol. The summed E-state index contributed by atoms with van der Waals surface area (Å²) < 4.78 is 16.6. The largest absolute Gasteiger partial charge is 0.493 e. The lowest BCUT2D eigenvalue weighted by Crippen LogP contribution is -2.08. The fourth-order valence-electron chi connectivity index (χ4n) is 2.55. The summed E-state index contributed by atoms with van der Waals surface area (Å²) in [6.45, 7) is 4.25. The molecule has 1 N–H and O–H groups in total. The molecule has 30 heavy (non-hydrogen) atoms. The number of unbranched alkanes of at least 4 members (excludes halogenated alkanes) is 1. The van der Waals surface area contributed by atoms with Crippen LogP contribution in [0.15, 0.2) is 42.5 Å². The highest BCUT2D eigenvalue weighted by Crippen LogP contribution is 2.37. The number of ether oxygens (including phenoxy) is 3. The van der Waals surface area contributed by atoms with Gasteiger partial charge in [0.2, 0.25) is 5.91 Å². The van der Waals surface area contributed by atoms with Crippen LogP contribution in [0, 0.1) is 11.3 Å². The Morgan fingerprint density at radius 3 is 2.80 bits per heavy atom. The van der Waals surface area contributed by atoms with E-state index < -0.39 is 0 Å². The number of nitriles is 1. The number of amides is 1. The van der Waals surface area contributed by atoms with Crippen LogP contribution < -0.4 is 19.5 Å². The van der Waals surface area contributed by atoms with Crippen LogP contribution in [0.3, 0.4) is 0 Å². The van der Waals surface area contributed by atoms with E-state index in [-0.39, 0.29) is 12.0 Å². The summed E-state index contributed by atoms with van der Waals surface area (Å²) >= 11 is 6.31. The number of hydrogen-bond acceptors (Lipinski definition) is 5. The van der Waals surface area contributed by atoms with Gasteiger partial charge < -0.3 is 19.5 Å². The maximum Gasteiger partial charge on any atom is 0.248 e. The van der Waals surface area contributed by atoms with E-state index in [2.05, 4.69) is 11.4 Å². The molecule has 0 aliphatic carbocycles. The van der Waals surface area contributed by atoms with Crippen molar-refractivity contribution in [3.63, 3.8) is 0 Å². The minimum absolute atomic E-state index is 0.0466. The van der Waals surface area contributed by atoms with Gasteiger partial charge in [0.1, 0.15) is 5.75 Å². The number of carbonyl (C=O) groups excluding carboxylic acids is 1. The molecule has 0 atom stereocenters. The predicted octanol–water partition coefficient (Wildman–Crippen LogP) is 5.47. The molecule has 0 saturated heterocycles. The number of anilines is 1.